The molecule has 0 amide bonds. The van der Waals surface area contributed by atoms with Gasteiger partial charge in [0.05, 0.1) is 18.2 Å². The van der Waals surface area contributed by atoms with Crippen molar-refractivity contribution >= 4 is 11.6 Å². The fraction of sp³-hybridized carbons (Fsp3) is 0.778. The summed E-state index contributed by atoms with van der Waals surface area (Å²) < 4.78 is 0. The first-order valence-electron chi connectivity index (χ1n) is 4.44. The Kier molecular flexibility index (Phi) is 8.27. The summed E-state index contributed by atoms with van der Waals surface area (Å²) in [6.45, 7) is 1.57. The molecule has 0 saturated carbocycles. The molecule has 0 rings (SSSR count). The number of rotatable bonds is 7. The van der Waals surface area contributed by atoms with Gasteiger partial charge in [0.1, 0.15) is 0 Å². The summed E-state index contributed by atoms with van der Waals surface area (Å²) in [5.41, 5.74) is 0. The van der Waals surface area contributed by atoms with Gasteiger partial charge in [-0.05, 0) is 0 Å². The molecule has 0 bridgehead atoms. The van der Waals surface area contributed by atoms with Crippen molar-refractivity contribution in [2.75, 3.05) is 25.5 Å². The van der Waals surface area contributed by atoms with Crippen molar-refractivity contribution < 1.29 is 5.11 Å². The molecule has 0 aromatic rings. The molecule has 5 heteroatoms. The average molecular weight is 216 g/mol. The molecule has 0 aromatic carbocycles. The van der Waals surface area contributed by atoms with Gasteiger partial charge in [-0.3, -0.25) is 4.90 Å². The van der Waals surface area contributed by atoms with Crippen molar-refractivity contribution in [2.24, 2.45) is 0 Å². The largest absolute Gasteiger partial charge is 0.391 e. The number of hydrogen-bond donors (Lipinski definition) is 1. The van der Waals surface area contributed by atoms with Crippen LogP contribution in [0, 0.1) is 22.7 Å². The Hall–Kier alpha value is -0.810. The van der Waals surface area contributed by atoms with E-state index in [1.807, 2.05) is 17.0 Å². The molecule has 0 fully saturated rings. The molecule has 78 valence electrons. The van der Waals surface area contributed by atoms with Crippen molar-refractivity contribution in [3.05, 3.63) is 0 Å². The smallest absolute Gasteiger partial charge is 0.0802 e. The van der Waals surface area contributed by atoms with Crippen LogP contribution in [0.4, 0.5) is 0 Å². The molecule has 0 radical (unpaired) electrons. The van der Waals surface area contributed by atoms with E-state index in [0.29, 0.717) is 32.5 Å². The van der Waals surface area contributed by atoms with Crippen molar-refractivity contribution in [3.8, 4) is 12.1 Å². The van der Waals surface area contributed by atoms with Gasteiger partial charge in [0, 0.05) is 38.4 Å². The van der Waals surface area contributed by atoms with E-state index in [-0.39, 0.29) is 5.88 Å². The topological polar surface area (TPSA) is 71.0 Å². The highest BCUT2D eigenvalue weighted by atomic mass is 35.5. The first kappa shape index (κ1) is 13.2. The van der Waals surface area contributed by atoms with E-state index < -0.39 is 6.10 Å². The van der Waals surface area contributed by atoms with Gasteiger partial charge >= 0.3 is 0 Å². The first-order valence-corrected chi connectivity index (χ1v) is 4.98. The van der Waals surface area contributed by atoms with Gasteiger partial charge < -0.3 is 5.11 Å². The van der Waals surface area contributed by atoms with Gasteiger partial charge in [-0.2, -0.15) is 10.5 Å². The van der Waals surface area contributed by atoms with Crippen LogP contribution in [0.5, 0.6) is 0 Å². The fourth-order valence-corrected chi connectivity index (χ4v) is 1.16. The van der Waals surface area contributed by atoms with Crippen LogP contribution in [0.25, 0.3) is 0 Å². The summed E-state index contributed by atoms with van der Waals surface area (Å²) in [4.78, 5) is 1.87. The highest BCUT2D eigenvalue weighted by Crippen LogP contribution is 1.98. The lowest BCUT2D eigenvalue weighted by Gasteiger charge is -2.21. The zero-order valence-corrected chi connectivity index (χ0v) is 8.74. The molecule has 0 aliphatic carbocycles. The quantitative estimate of drug-likeness (QED) is 0.636. The monoisotopic (exact) mass is 215 g/mol. The zero-order chi connectivity index (χ0) is 10.8. The molecule has 4 nitrogen and oxygen atoms in total. The van der Waals surface area contributed by atoms with Crippen LogP contribution in [0.1, 0.15) is 12.8 Å². The molecule has 0 spiro atoms. The molecule has 0 heterocycles. The number of hydrogen-bond acceptors (Lipinski definition) is 4. The Labute approximate surface area is 89.3 Å². The maximum Gasteiger partial charge on any atom is 0.0802 e. The second-order valence-corrected chi connectivity index (χ2v) is 3.23. The van der Waals surface area contributed by atoms with Crippen LogP contribution in [0.2, 0.25) is 0 Å². The van der Waals surface area contributed by atoms with Gasteiger partial charge in [-0.15, -0.1) is 11.6 Å². The van der Waals surface area contributed by atoms with E-state index in [4.69, 9.17) is 22.1 Å². The Balaban J connectivity index is 3.85. The second kappa shape index (κ2) is 8.77. The molecule has 0 saturated heterocycles. The highest BCUT2D eigenvalue weighted by Gasteiger charge is 2.09. The van der Waals surface area contributed by atoms with Crippen LogP contribution in [-0.2, 0) is 0 Å². The molecular weight excluding hydrogens is 202 g/mol. The molecule has 0 aromatic heterocycles. The normalized spacial score (nSPS) is 12.1. The number of halogens is 1. The first-order chi connectivity index (χ1) is 6.74. The van der Waals surface area contributed by atoms with E-state index >= 15 is 0 Å². The SMILES string of the molecule is N#CCCN(CCC#N)CC(O)CCl. The van der Waals surface area contributed by atoms with Gasteiger partial charge in [0.2, 0.25) is 0 Å². The Morgan fingerprint density at radius 3 is 2.07 bits per heavy atom. The minimum Gasteiger partial charge on any atom is -0.391 e. The third-order valence-corrected chi connectivity index (χ3v) is 2.08. The summed E-state index contributed by atoms with van der Waals surface area (Å²) in [7, 11) is 0. The van der Waals surface area contributed by atoms with Gasteiger partial charge in [0.25, 0.3) is 0 Å². The van der Waals surface area contributed by atoms with E-state index in [2.05, 4.69) is 0 Å². The maximum absolute atomic E-state index is 9.29. The molecule has 0 aliphatic rings. The van der Waals surface area contributed by atoms with Crippen LogP contribution in [0.3, 0.4) is 0 Å². The molecule has 0 aliphatic heterocycles. The number of nitrogens with zero attached hydrogens (tertiary/aromatic N) is 3. The van der Waals surface area contributed by atoms with Crippen LogP contribution < -0.4 is 0 Å². The lowest BCUT2D eigenvalue weighted by atomic mass is 10.3. The molecular formula is C9H14ClN3O. The lowest BCUT2D eigenvalue weighted by Crippen LogP contribution is -2.34. The summed E-state index contributed by atoms with van der Waals surface area (Å²) >= 11 is 5.46. The maximum atomic E-state index is 9.29. The zero-order valence-electron chi connectivity index (χ0n) is 7.99. The lowest BCUT2D eigenvalue weighted by molar-refractivity contribution is 0.131. The van der Waals surface area contributed by atoms with Gasteiger partial charge in [0.15, 0.2) is 0 Å². The summed E-state index contributed by atoms with van der Waals surface area (Å²) in [5, 5.41) is 26.1. The number of aliphatic hydroxyl groups is 1. The molecule has 1 N–H and O–H groups in total. The van der Waals surface area contributed by atoms with E-state index in [1.165, 1.54) is 0 Å². The Bertz CT molecular complexity index is 203. The number of aliphatic hydroxyl groups excluding tert-OH is 1. The molecule has 1 atom stereocenters. The highest BCUT2D eigenvalue weighted by molar-refractivity contribution is 6.18. The predicted octanol–water partition coefficient (Wildman–Crippen LogP) is 0.715. The summed E-state index contributed by atoms with van der Waals surface area (Å²) in [5.74, 6) is 0.176. The third kappa shape index (κ3) is 6.68. The second-order valence-electron chi connectivity index (χ2n) is 2.92. The predicted molar refractivity (Wildman–Crippen MR) is 53.6 cm³/mol. The summed E-state index contributed by atoms with van der Waals surface area (Å²) in [6, 6.07) is 4.05. The van der Waals surface area contributed by atoms with E-state index in [9.17, 15) is 5.11 Å². The fourth-order valence-electron chi connectivity index (χ4n) is 1.06. The molecule has 14 heavy (non-hydrogen) atoms. The van der Waals surface area contributed by atoms with Crippen molar-refractivity contribution in [2.45, 2.75) is 18.9 Å². The van der Waals surface area contributed by atoms with E-state index in [1.54, 1.807) is 0 Å². The Morgan fingerprint density at radius 1 is 1.21 bits per heavy atom. The average Bonchev–Trinajstić information content (AvgIpc) is 2.21. The van der Waals surface area contributed by atoms with Crippen LogP contribution in [0.15, 0.2) is 0 Å². The number of alkyl halides is 1. The van der Waals surface area contributed by atoms with Crippen molar-refractivity contribution in [3.63, 3.8) is 0 Å². The van der Waals surface area contributed by atoms with Gasteiger partial charge in [-0.1, -0.05) is 0 Å². The van der Waals surface area contributed by atoms with E-state index in [0.717, 1.165) is 0 Å². The van der Waals surface area contributed by atoms with Crippen LogP contribution >= 0.6 is 11.6 Å². The minimum absolute atomic E-state index is 0.176. The van der Waals surface area contributed by atoms with Crippen molar-refractivity contribution in [1.29, 1.82) is 10.5 Å². The standard InChI is InChI=1S/C9H14ClN3O/c10-7-9(14)8-13(5-1-3-11)6-2-4-12/h9,14H,1-2,5-8H2. The van der Waals surface area contributed by atoms with Crippen LogP contribution in [-0.4, -0.2) is 41.6 Å². The number of nitriles is 2. The third-order valence-electron chi connectivity index (χ3n) is 1.73. The minimum atomic E-state index is -0.589. The summed E-state index contributed by atoms with van der Waals surface area (Å²) in [6.07, 6.45) is 0.218. The molecule has 1 unspecified atom stereocenters. The Morgan fingerprint density at radius 2 is 1.71 bits per heavy atom. The van der Waals surface area contributed by atoms with Crippen molar-refractivity contribution in [1.82, 2.24) is 4.90 Å². The van der Waals surface area contributed by atoms with Gasteiger partial charge in [-0.25, -0.2) is 0 Å².